The van der Waals surface area contributed by atoms with Crippen molar-refractivity contribution < 1.29 is 4.74 Å². The smallest absolute Gasteiger partial charge is 0.0666 e. The van der Waals surface area contributed by atoms with Gasteiger partial charge in [0.2, 0.25) is 0 Å². The minimum atomic E-state index is 0.510. The Hall–Kier alpha value is 0.270. The van der Waals surface area contributed by atoms with Crippen LogP contribution in [0.1, 0.15) is 26.2 Å². The first-order valence-electron chi connectivity index (χ1n) is 4.80. The third kappa shape index (κ3) is 3.33. The van der Waals surface area contributed by atoms with Crippen molar-refractivity contribution in [3.05, 3.63) is 0 Å². The van der Waals surface area contributed by atoms with Crippen LogP contribution in [-0.2, 0) is 4.74 Å². The zero-order valence-corrected chi connectivity index (χ0v) is 8.61. The average Bonchev–Trinajstić information content (AvgIpc) is 2.59. The Kier molecular flexibility index (Phi) is 5.04. The third-order valence-corrected chi connectivity index (χ3v) is 3.82. The number of hydrogen-bond donors (Lipinski definition) is 1. The number of rotatable bonds is 5. The molecule has 3 heteroatoms. The maximum atomic E-state index is 5.61. The maximum absolute atomic E-state index is 5.61. The molecule has 0 saturated carbocycles. The first-order valence-corrected chi connectivity index (χ1v) is 5.85. The Balaban J connectivity index is 2.06. The second-order valence-corrected chi connectivity index (χ2v) is 4.57. The molecule has 1 fully saturated rings. The molecule has 0 aromatic carbocycles. The van der Waals surface area contributed by atoms with Crippen molar-refractivity contribution in [3.8, 4) is 0 Å². The normalized spacial score (nSPS) is 26.0. The van der Waals surface area contributed by atoms with Gasteiger partial charge in [-0.3, -0.25) is 0 Å². The van der Waals surface area contributed by atoms with E-state index in [2.05, 4.69) is 6.92 Å². The van der Waals surface area contributed by atoms with Gasteiger partial charge in [-0.15, -0.1) is 0 Å². The molecule has 0 spiro atoms. The zero-order valence-electron chi connectivity index (χ0n) is 7.79. The van der Waals surface area contributed by atoms with Gasteiger partial charge in [0.25, 0.3) is 0 Å². The van der Waals surface area contributed by atoms with E-state index in [1.54, 1.807) is 0 Å². The van der Waals surface area contributed by atoms with Gasteiger partial charge in [0.05, 0.1) is 6.10 Å². The molecule has 1 saturated heterocycles. The second kappa shape index (κ2) is 5.84. The largest absolute Gasteiger partial charge is 0.377 e. The summed E-state index contributed by atoms with van der Waals surface area (Å²) in [6, 6.07) is 0. The van der Waals surface area contributed by atoms with Crippen molar-refractivity contribution in [2.24, 2.45) is 5.73 Å². The fraction of sp³-hybridized carbons (Fsp3) is 1.00. The van der Waals surface area contributed by atoms with Crippen LogP contribution < -0.4 is 5.73 Å². The van der Waals surface area contributed by atoms with Crippen LogP contribution in [0.2, 0.25) is 0 Å². The lowest BCUT2D eigenvalue weighted by Gasteiger charge is -2.14. The minimum absolute atomic E-state index is 0.510. The Labute approximate surface area is 79.2 Å². The molecular weight excluding hydrogens is 170 g/mol. The van der Waals surface area contributed by atoms with Gasteiger partial charge < -0.3 is 10.5 Å². The summed E-state index contributed by atoms with van der Waals surface area (Å²) in [6.07, 6.45) is 4.17. The lowest BCUT2D eigenvalue weighted by molar-refractivity contribution is 0.129. The van der Waals surface area contributed by atoms with E-state index in [1.807, 2.05) is 11.8 Å². The Morgan fingerprint density at radius 1 is 1.67 bits per heavy atom. The molecule has 12 heavy (non-hydrogen) atoms. The van der Waals surface area contributed by atoms with Crippen molar-refractivity contribution in [3.63, 3.8) is 0 Å². The molecule has 0 radical (unpaired) electrons. The van der Waals surface area contributed by atoms with Gasteiger partial charge in [-0.2, -0.15) is 11.8 Å². The summed E-state index contributed by atoms with van der Waals surface area (Å²) in [5.41, 5.74) is 5.61. The van der Waals surface area contributed by atoms with Crippen molar-refractivity contribution in [2.45, 2.75) is 37.5 Å². The van der Waals surface area contributed by atoms with Crippen LogP contribution in [0.4, 0.5) is 0 Å². The highest BCUT2D eigenvalue weighted by atomic mass is 32.2. The van der Waals surface area contributed by atoms with E-state index >= 15 is 0 Å². The average molecular weight is 189 g/mol. The summed E-state index contributed by atoms with van der Waals surface area (Å²) in [5.74, 6) is 1.13. The molecule has 1 heterocycles. The summed E-state index contributed by atoms with van der Waals surface area (Å²) in [5, 5.41) is 0.634. The molecule has 2 N–H and O–H groups in total. The predicted octanol–water partition coefficient (Wildman–Crippen LogP) is 1.64. The van der Waals surface area contributed by atoms with E-state index in [-0.39, 0.29) is 0 Å². The van der Waals surface area contributed by atoms with E-state index in [0.29, 0.717) is 11.4 Å². The van der Waals surface area contributed by atoms with E-state index < -0.39 is 0 Å². The summed E-state index contributed by atoms with van der Waals surface area (Å²) in [4.78, 5) is 0. The van der Waals surface area contributed by atoms with Crippen molar-refractivity contribution in [1.29, 1.82) is 0 Å². The van der Waals surface area contributed by atoms with Crippen molar-refractivity contribution in [1.82, 2.24) is 0 Å². The van der Waals surface area contributed by atoms with Crippen LogP contribution in [-0.4, -0.2) is 30.3 Å². The molecule has 0 aromatic heterocycles. The molecule has 0 aliphatic carbocycles. The molecule has 1 aliphatic heterocycles. The van der Waals surface area contributed by atoms with Gasteiger partial charge in [-0.25, -0.2) is 0 Å². The fourth-order valence-electron chi connectivity index (χ4n) is 1.37. The zero-order chi connectivity index (χ0) is 8.81. The van der Waals surface area contributed by atoms with Crippen LogP contribution in [0, 0.1) is 0 Å². The van der Waals surface area contributed by atoms with E-state index in [9.17, 15) is 0 Å². The van der Waals surface area contributed by atoms with Gasteiger partial charge in [0.15, 0.2) is 0 Å². The molecule has 2 nitrogen and oxygen atoms in total. The molecule has 2 atom stereocenters. The first kappa shape index (κ1) is 10.4. The molecular formula is C9H19NOS. The number of thioether (sulfide) groups is 1. The lowest BCUT2D eigenvalue weighted by atomic mass is 10.3. The van der Waals surface area contributed by atoms with Crippen molar-refractivity contribution >= 4 is 11.8 Å². The van der Waals surface area contributed by atoms with E-state index in [0.717, 1.165) is 18.9 Å². The number of nitrogens with two attached hydrogens (primary N) is 1. The SMILES string of the molecule is CCC(CN)SCC1CCCO1. The minimum Gasteiger partial charge on any atom is -0.377 e. The quantitative estimate of drug-likeness (QED) is 0.714. The topological polar surface area (TPSA) is 35.2 Å². The molecule has 1 aliphatic rings. The standard InChI is InChI=1S/C9H19NOS/c1-2-9(6-10)12-7-8-4-3-5-11-8/h8-9H,2-7,10H2,1H3. The summed E-state index contributed by atoms with van der Waals surface area (Å²) in [6.45, 7) is 3.96. The first-order chi connectivity index (χ1) is 5.86. The molecule has 72 valence electrons. The fourth-order valence-corrected chi connectivity index (χ4v) is 2.49. The van der Waals surface area contributed by atoms with E-state index in [1.165, 1.54) is 19.3 Å². The van der Waals surface area contributed by atoms with Crippen molar-refractivity contribution in [2.75, 3.05) is 18.9 Å². The van der Waals surface area contributed by atoms with Crippen LogP contribution in [0.3, 0.4) is 0 Å². The highest BCUT2D eigenvalue weighted by Crippen LogP contribution is 2.21. The molecule has 2 unspecified atom stereocenters. The van der Waals surface area contributed by atoms with Gasteiger partial charge in [-0.05, 0) is 19.3 Å². The summed E-state index contributed by atoms with van der Waals surface area (Å²) in [7, 11) is 0. The molecule has 0 bridgehead atoms. The molecule has 1 rings (SSSR count). The Morgan fingerprint density at radius 2 is 2.50 bits per heavy atom. The van der Waals surface area contributed by atoms with Gasteiger partial charge in [0.1, 0.15) is 0 Å². The van der Waals surface area contributed by atoms with Crippen LogP contribution >= 0.6 is 11.8 Å². The Morgan fingerprint density at radius 3 is 3.00 bits per heavy atom. The predicted molar refractivity (Wildman–Crippen MR) is 54.6 cm³/mol. The lowest BCUT2D eigenvalue weighted by Crippen LogP contribution is -2.19. The van der Waals surface area contributed by atoms with Gasteiger partial charge in [0, 0.05) is 24.2 Å². The summed E-state index contributed by atoms with van der Waals surface area (Å²) >= 11 is 1.97. The third-order valence-electron chi connectivity index (χ3n) is 2.26. The molecule has 0 aromatic rings. The van der Waals surface area contributed by atoms with Crippen LogP contribution in [0.15, 0.2) is 0 Å². The monoisotopic (exact) mass is 189 g/mol. The van der Waals surface area contributed by atoms with Crippen LogP contribution in [0.5, 0.6) is 0 Å². The van der Waals surface area contributed by atoms with Crippen LogP contribution in [0.25, 0.3) is 0 Å². The number of ether oxygens (including phenoxy) is 1. The van der Waals surface area contributed by atoms with Gasteiger partial charge >= 0.3 is 0 Å². The highest BCUT2D eigenvalue weighted by Gasteiger charge is 2.16. The second-order valence-electron chi connectivity index (χ2n) is 3.23. The van der Waals surface area contributed by atoms with E-state index in [4.69, 9.17) is 10.5 Å². The molecule has 0 amide bonds. The maximum Gasteiger partial charge on any atom is 0.0666 e. The summed E-state index contributed by atoms with van der Waals surface area (Å²) < 4.78 is 5.53. The highest BCUT2D eigenvalue weighted by molar-refractivity contribution is 7.99. The van der Waals surface area contributed by atoms with Gasteiger partial charge in [-0.1, -0.05) is 6.92 Å². The Bertz CT molecular complexity index is 109. The number of hydrogen-bond acceptors (Lipinski definition) is 3.